The van der Waals surface area contributed by atoms with Gasteiger partial charge in [0.1, 0.15) is 6.04 Å². The van der Waals surface area contributed by atoms with Gasteiger partial charge < -0.3 is 9.64 Å². The largest absolute Gasteiger partial charge is 0.467 e. The van der Waals surface area contributed by atoms with E-state index in [2.05, 4.69) is 31.7 Å². The fraction of sp³-hybridized carbons (Fsp3) is 0.438. The van der Waals surface area contributed by atoms with E-state index >= 15 is 0 Å². The number of benzene rings is 1. The summed E-state index contributed by atoms with van der Waals surface area (Å²) in [6, 6.07) is 5.40. The Morgan fingerprint density at radius 2 is 2.05 bits per heavy atom. The number of esters is 1. The lowest BCUT2D eigenvalue weighted by molar-refractivity contribution is -0.142. The van der Waals surface area contributed by atoms with Gasteiger partial charge in [0.15, 0.2) is 0 Å². The van der Waals surface area contributed by atoms with E-state index in [1.165, 1.54) is 12.7 Å². The minimum Gasteiger partial charge on any atom is -0.467 e. The predicted octanol–water partition coefficient (Wildman–Crippen LogP) is 3.90. The van der Waals surface area contributed by atoms with Crippen LogP contribution in [0.3, 0.4) is 0 Å². The van der Waals surface area contributed by atoms with Gasteiger partial charge in [0.2, 0.25) is 0 Å². The van der Waals surface area contributed by atoms with Crippen LogP contribution in [0.25, 0.3) is 5.57 Å². The summed E-state index contributed by atoms with van der Waals surface area (Å²) < 4.78 is 4.90. The van der Waals surface area contributed by atoms with E-state index < -0.39 is 0 Å². The first-order chi connectivity index (χ1) is 9.27. The number of hydrogen-bond acceptors (Lipinski definition) is 3. The molecule has 0 N–H and O–H groups in total. The van der Waals surface area contributed by atoms with Gasteiger partial charge in [-0.05, 0) is 51.5 Å². The molecule has 0 bridgehead atoms. The van der Waals surface area contributed by atoms with E-state index in [0.29, 0.717) is 5.02 Å². The monoisotopic (exact) mass is 293 g/mol. The molecule has 3 nitrogen and oxygen atoms in total. The second-order valence-electron chi connectivity index (χ2n) is 5.71. The molecule has 1 aromatic carbocycles. The Labute approximate surface area is 125 Å². The van der Waals surface area contributed by atoms with Crippen LogP contribution in [0.4, 0.5) is 5.69 Å². The molecule has 2 rings (SSSR count). The van der Waals surface area contributed by atoms with Gasteiger partial charge in [-0.25, -0.2) is 4.79 Å². The molecule has 0 amide bonds. The molecular formula is C16H20ClNO2. The smallest absolute Gasteiger partial charge is 0.328 e. The summed E-state index contributed by atoms with van der Waals surface area (Å²) in [7, 11) is 1.42. The quantitative estimate of drug-likeness (QED) is 0.775. The maximum Gasteiger partial charge on any atom is 0.328 e. The van der Waals surface area contributed by atoms with Crippen molar-refractivity contribution in [1.82, 2.24) is 0 Å². The van der Waals surface area contributed by atoms with E-state index in [9.17, 15) is 4.79 Å². The van der Waals surface area contributed by atoms with Crippen LogP contribution < -0.4 is 4.90 Å². The van der Waals surface area contributed by atoms with Gasteiger partial charge in [-0.2, -0.15) is 0 Å². The summed E-state index contributed by atoms with van der Waals surface area (Å²) in [5.41, 5.74) is 2.98. The molecule has 0 saturated carbocycles. The molecule has 1 atom stereocenters. The van der Waals surface area contributed by atoms with E-state index in [1.54, 1.807) is 0 Å². The van der Waals surface area contributed by atoms with Crippen molar-refractivity contribution in [2.24, 2.45) is 0 Å². The Balaban J connectivity index is 2.59. The molecule has 108 valence electrons. The fourth-order valence-electron chi connectivity index (χ4n) is 3.01. The molecule has 1 heterocycles. The van der Waals surface area contributed by atoms with Crippen LogP contribution in [0.5, 0.6) is 0 Å². The summed E-state index contributed by atoms with van der Waals surface area (Å²) in [5.74, 6) is -0.244. The highest BCUT2D eigenvalue weighted by Gasteiger charge is 2.37. The summed E-state index contributed by atoms with van der Waals surface area (Å²) >= 11 is 6.09. The standard InChI is InChI=1S/C16H20ClNO2/c1-10-9-16(3,4)18(11(2)15(19)20-5)14-7-6-12(17)8-13(10)14/h6-9,11H,1-5H3/t11-/m0/s1. The number of anilines is 1. The molecule has 0 aromatic heterocycles. The average Bonchev–Trinajstić information content (AvgIpc) is 2.37. The van der Waals surface area contributed by atoms with Crippen LogP contribution in [0.2, 0.25) is 5.02 Å². The van der Waals surface area contributed by atoms with Crippen molar-refractivity contribution >= 4 is 28.8 Å². The number of halogens is 1. The van der Waals surface area contributed by atoms with Gasteiger partial charge in [0.05, 0.1) is 12.6 Å². The Morgan fingerprint density at radius 1 is 1.40 bits per heavy atom. The van der Waals surface area contributed by atoms with Crippen LogP contribution in [-0.2, 0) is 9.53 Å². The summed E-state index contributed by atoms with van der Waals surface area (Å²) in [6.45, 7) is 8.11. The maximum atomic E-state index is 11.9. The van der Waals surface area contributed by atoms with Gasteiger partial charge >= 0.3 is 5.97 Å². The van der Waals surface area contributed by atoms with Crippen LogP contribution in [0.15, 0.2) is 24.3 Å². The zero-order valence-electron chi connectivity index (χ0n) is 12.5. The molecular weight excluding hydrogens is 274 g/mol. The Hall–Kier alpha value is -1.48. The van der Waals surface area contributed by atoms with Gasteiger partial charge in [-0.3, -0.25) is 0 Å². The van der Waals surface area contributed by atoms with Crippen LogP contribution in [0.1, 0.15) is 33.3 Å². The fourth-order valence-corrected chi connectivity index (χ4v) is 3.18. The lowest BCUT2D eigenvalue weighted by Crippen LogP contribution is -2.53. The first-order valence-corrected chi connectivity index (χ1v) is 7.02. The van der Waals surface area contributed by atoms with Gasteiger partial charge in [-0.15, -0.1) is 0 Å². The second-order valence-corrected chi connectivity index (χ2v) is 6.15. The second kappa shape index (κ2) is 5.13. The normalized spacial score (nSPS) is 18.1. The number of rotatable bonds is 2. The molecule has 1 aliphatic heterocycles. The molecule has 20 heavy (non-hydrogen) atoms. The van der Waals surface area contributed by atoms with Crippen molar-refractivity contribution in [2.45, 2.75) is 39.3 Å². The highest BCUT2D eigenvalue weighted by Crippen LogP contribution is 2.41. The SMILES string of the molecule is COC(=O)[C@H](C)N1c2ccc(Cl)cc2C(C)=CC1(C)C. The molecule has 0 unspecified atom stereocenters. The van der Waals surface area contributed by atoms with Crippen LogP contribution in [0, 0.1) is 0 Å². The number of hydrogen-bond donors (Lipinski definition) is 0. The molecule has 0 saturated heterocycles. The van der Waals surface area contributed by atoms with Crippen molar-refractivity contribution in [3.05, 3.63) is 34.9 Å². The van der Waals surface area contributed by atoms with Crippen LogP contribution >= 0.6 is 11.6 Å². The van der Waals surface area contributed by atoms with Crippen molar-refractivity contribution in [3.8, 4) is 0 Å². The predicted molar refractivity (Wildman–Crippen MR) is 83.1 cm³/mol. The van der Waals surface area contributed by atoms with E-state index in [4.69, 9.17) is 16.3 Å². The van der Waals surface area contributed by atoms with E-state index in [-0.39, 0.29) is 17.6 Å². The number of nitrogens with zero attached hydrogens (tertiary/aromatic N) is 1. The zero-order chi connectivity index (χ0) is 15.1. The Morgan fingerprint density at radius 3 is 2.65 bits per heavy atom. The number of allylic oxidation sites excluding steroid dienone is 1. The van der Waals surface area contributed by atoms with Crippen molar-refractivity contribution < 1.29 is 9.53 Å². The van der Waals surface area contributed by atoms with Crippen LogP contribution in [-0.4, -0.2) is 24.7 Å². The molecule has 4 heteroatoms. The molecule has 0 radical (unpaired) electrons. The minimum absolute atomic E-state index is 0.244. The molecule has 0 spiro atoms. The topological polar surface area (TPSA) is 29.5 Å². The van der Waals surface area contributed by atoms with Crippen molar-refractivity contribution in [1.29, 1.82) is 0 Å². The number of carbonyl (C=O) groups is 1. The van der Waals surface area contributed by atoms with E-state index in [1.807, 2.05) is 25.1 Å². The lowest BCUT2D eigenvalue weighted by atomic mass is 9.87. The average molecular weight is 294 g/mol. The van der Waals surface area contributed by atoms with Crippen molar-refractivity contribution in [3.63, 3.8) is 0 Å². The zero-order valence-corrected chi connectivity index (χ0v) is 13.3. The molecule has 1 aromatic rings. The number of ether oxygens (including phenoxy) is 1. The summed E-state index contributed by atoms with van der Waals surface area (Å²) in [5, 5.41) is 0.696. The van der Waals surface area contributed by atoms with Gasteiger partial charge in [0.25, 0.3) is 0 Å². The Kier molecular flexibility index (Phi) is 3.83. The maximum absolute atomic E-state index is 11.9. The van der Waals surface area contributed by atoms with Gasteiger partial charge in [0, 0.05) is 16.3 Å². The minimum atomic E-state index is -0.362. The van der Waals surface area contributed by atoms with Crippen molar-refractivity contribution in [2.75, 3.05) is 12.0 Å². The number of methoxy groups -OCH3 is 1. The highest BCUT2D eigenvalue weighted by atomic mass is 35.5. The summed E-state index contributed by atoms with van der Waals surface area (Å²) in [6.07, 6.45) is 2.16. The van der Waals surface area contributed by atoms with Gasteiger partial charge in [-0.1, -0.05) is 17.7 Å². The highest BCUT2D eigenvalue weighted by molar-refractivity contribution is 6.30. The number of fused-ring (bicyclic) bond motifs is 1. The number of carbonyl (C=O) groups excluding carboxylic acids is 1. The third-order valence-electron chi connectivity index (χ3n) is 3.76. The van der Waals surface area contributed by atoms with E-state index in [0.717, 1.165) is 11.3 Å². The molecule has 0 aliphatic carbocycles. The first kappa shape index (κ1) is 14.9. The molecule has 1 aliphatic rings. The summed E-state index contributed by atoms with van der Waals surface area (Å²) in [4.78, 5) is 14.0. The Bertz CT molecular complexity index is 578. The lowest BCUT2D eigenvalue weighted by Gasteiger charge is -2.45. The third-order valence-corrected chi connectivity index (χ3v) is 4.00. The first-order valence-electron chi connectivity index (χ1n) is 6.64. The third kappa shape index (κ3) is 2.42. The molecule has 0 fully saturated rings.